The smallest absolute Gasteiger partial charge is 0.232 e. The third-order valence-electron chi connectivity index (χ3n) is 2.62. The predicted molar refractivity (Wildman–Crippen MR) is 81.2 cm³/mol. The monoisotopic (exact) mass is 292 g/mol. The van der Waals surface area contributed by atoms with Gasteiger partial charge in [0.25, 0.3) is 0 Å². The minimum absolute atomic E-state index is 0.158. The van der Waals surface area contributed by atoms with Crippen molar-refractivity contribution in [3.05, 3.63) is 52.5 Å². The molecule has 0 radical (unpaired) electrons. The van der Waals surface area contributed by atoms with E-state index in [1.165, 1.54) is 4.88 Å². The molecule has 100 valence electrons. The molecule has 0 aliphatic carbocycles. The van der Waals surface area contributed by atoms with E-state index in [0.29, 0.717) is 12.3 Å². The molecule has 0 saturated carbocycles. The number of hydrogen-bond donors (Lipinski definition) is 0. The fourth-order valence-electron chi connectivity index (χ4n) is 1.60. The highest BCUT2D eigenvalue weighted by Crippen LogP contribution is 2.17. The molecule has 0 unspecified atom stereocenters. The molecule has 2 aromatic rings. The molecule has 3 nitrogen and oxygen atoms in total. The molecule has 0 spiro atoms. The zero-order valence-corrected chi connectivity index (χ0v) is 12.4. The zero-order valence-electron chi connectivity index (χ0n) is 10.8. The van der Waals surface area contributed by atoms with Gasteiger partial charge < -0.3 is 4.90 Å². The first-order valence-electron chi connectivity index (χ1n) is 5.98. The Hall–Kier alpha value is -1.33. The molecule has 2 rings (SSSR count). The average Bonchev–Trinajstić information content (AvgIpc) is 2.93. The zero-order chi connectivity index (χ0) is 13.5. The predicted octanol–water partition coefficient (Wildman–Crippen LogP) is 3.03. The van der Waals surface area contributed by atoms with Gasteiger partial charge >= 0.3 is 0 Å². The highest BCUT2D eigenvalue weighted by Gasteiger charge is 2.09. The van der Waals surface area contributed by atoms with Crippen molar-refractivity contribution in [2.24, 2.45) is 0 Å². The van der Waals surface area contributed by atoms with E-state index in [9.17, 15) is 4.79 Å². The van der Waals surface area contributed by atoms with Crippen molar-refractivity contribution in [1.82, 2.24) is 9.88 Å². The van der Waals surface area contributed by atoms with Crippen molar-refractivity contribution in [1.29, 1.82) is 0 Å². The van der Waals surface area contributed by atoms with Gasteiger partial charge in [-0.3, -0.25) is 9.78 Å². The lowest BCUT2D eigenvalue weighted by molar-refractivity contribution is -0.127. The third kappa shape index (κ3) is 4.69. The molecular weight excluding hydrogens is 276 g/mol. The van der Waals surface area contributed by atoms with Crippen LogP contribution in [0.4, 0.5) is 0 Å². The summed E-state index contributed by atoms with van der Waals surface area (Å²) in [5.41, 5.74) is 1.06. The van der Waals surface area contributed by atoms with E-state index < -0.39 is 0 Å². The maximum absolute atomic E-state index is 12.0. The summed E-state index contributed by atoms with van der Waals surface area (Å²) in [5, 5.41) is 2.06. The van der Waals surface area contributed by atoms with Crippen LogP contribution in [0.25, 0.3) is 0 Å². The van der Waals surface area contributed by atoms with Crippen LogP contribution in [-0.2, 0) is 17.1 Å². The highest BCUT2D eigenvalue weighted by molar-refractivity contribution is 7.99. The van der Waals surface area contributed by atoms with E-state index in [2.05, 4.69) is 16.4 Å². The van der Waals surface area contributed by atoms with Crippen LogP contribution in [0.15, 0.2) is 42.0 Å². The van der Waals surface area contributed by atoms with Gasteiger partial charge in [0.15, 0.2) is 0 Å². The number of nitrogens with zero attached hydrogens (tertiary/aromatic N) is 2. The van der Waals surface area contributed by atoms with Crippen LogP contribution in [0.1, 0.15) is 10.4 Å². The minimum Gasteiger partial charge on any atom is -0.341 e. The Morgan fingerprint density at radius 1 is 1.42 bits per heavy atom. The van der Waals surface area contributed by atoms with Crippen LogP contribution in [0, 0.1) is 0 Å². The van der Waals surface area contributed by atoms with Gasteiger partial charge in [0, 0.05) is 36.6 Å². The number of pyridine rings is 1. The minimum atomic E-state index is 0.158. The fourth-order valence-corrected chi connectivity index (χ4v) is 3.40. The molecule has 5 heteroatoms. The summed E-state index contributed by atoms with van der Waals surface area (Å²) >= 11 is 3.39. The molecule has 0 aromatic carbocycles. The largest absolute Gasteiger partial charge is 0.341 e. The van der Waals surface area contributed by atoms with E-state index in [1.54, 1.807) is 40.4 Å². The molecule has 19 heavy (non-hydrogen) atoms. The lowest BCUT2D eigenvalue weighted by Crippen LogP contribution is -2.27. The summed E-state index contributed by atoms with van der Waals surface area (Å²) in [7, 11) is 1.83. The van der Waals surface area contributed by atoms with E-state index in [-0.39, 0.29) is 5.91 Å². The number of thioether (sulfide) groups is 1. The third-order valence-corrected chi connectivity index (χ3v) is 4.64. The van der Waals surface area contributed by atoms with Crippen molar-refractivity contribution in [2.75, 3.05) is 12.8 Å². The van der Waals surface area contributed by atoms with Crippen LogP contribution in [0.2, 0.25) is 0 Å². The quantitative estimate of drug-likeness (QED) is 0.820. The Morgan fingerprint density at radius 3 is 3.00 bits per heavy atom. The van der Waals surface area contributed by atoms with Crippen molar-refractivity contribution < 1.29 is 4.79 Å². The Balaban J connectivity index is 1.73. The molecule has 0 N–H and O–H groups in total. The van der Waals surface area contributed by atoms with Crippen LogP contribution in [-0.4, -0.2) is 28.6 Å². The van der Waals surface area contributed by atoms with E-state index in [1.807, 2.05) is 25.2 Å². The van der Waals surface area contributed by atoms with Gasteiger partial charge in [-0.1, -0.05) is 12.1 Å². The van der Waals surface area contributed by atoms with Crippen molar-refractivity contribution in [2.45, 2.75) is 12.3 Å². The normalized spacial score (nSPS) is 10.4. The topological polar surface area (TPSA) is 33.2 Å². The lowest BCUT2D eigenvalue weighted by Gasteiger charge is -2.16. The van der Waals surface area contributed by atoms with E-state index in [4.69, 9.17) is 0 Å². The molecule has 0 aliphatic rings. The van der Waals surface area contributed by atoms with Gasteiger partial charge in [-0.15, -0.1) is 23.1 Å². The van der Waals surface area contributed by atoms with Gasteiger partial charge in [-0.05, 0) is 23.1 Å². The first kappa shape index (κ1) is 14.1. The summed E-state index contributed by atoms with van der Waals surface area (Å²) in [6.07, 6.45) is 3.53. The molecule has 0 saturated heterocycles. The maximum Gasteiger partial charge on any atom is 0.232 e. The second-order valence-electron chi connectivity index (χ2n) is 4.18. The number of thiophene rings is 1. The van der Waals surface area contributed by atoms with Gasteiger partial charge in [-0.2, -0.15) is 0 Å². The molecule has 0 atom stereocenters. The summed E-state index contributed by atoms with van der Waals surface area (Å²) in [6, 6.07) is 8.01. The van der Waals surface area contributed by atoms with Gasteiger partial charge in [0.1, 0.15) is 0 Å². The second-order valence-corrected chi connectivity index (χ2v) is 6.20. The average molecular weight is 292 g/mol. The molecule has 2 aromatic heterocycles. The summed E-state index contributed by atoms with van der Waals surface area (Å²) in [5.74, 6) is 1.59. The molecule has 0 bridgehead atoms. The first-order chi connectivity index (χ1) is 9.25. The standard InChI is InChI=1S/C14H16N2OS2/c1-16(9-12-4-2-6-15-8-12)14(17)11-18-10-13-5-3-7-19-13/h2-8H,9-11H2,1H3. The Labute approximate surface area is 121 Å². The van der Waals surface area contributed by atoms with Crippen molar-refractivity contribution in [3.8, 4) is 0 Å². The molecule has 1 amide bonds. The SMILES string of the molecule is CN(Cc1cccnc1)C(=O)CSCc1cccs1. The number of carbonyl (C=O) groups excluding carboxylic acids is 1. The Kier molecular flexibility index (Phi) is 5.42. The van der Waals surface area contributed by atoms with Crippen LogP contribution < -0.4 is 0 Å². The van der Waals surface area contributed by atoms with E-state index in [0.717, 1.165) is 11.3 Å². The molecular formula is C14H16N2OS2. The van der Waals surface area contributed by atoms with E-state index >= 15 is 0 Å². The van der Waals surface area contributed by atoms with Gasteiger partial charge in [0.2, 0.25) is 5.91 Å². The highest BCUT2D eigenvalue weighted by atomic mass is 32.2. The molecule has 0 fully saturated rings. The fraction of sp³-hybridized carbons (Fsp3) is 0.286. The van der Waals surface area contributed by atoms with Crippen LogP contribution in [0.5, 0.6) is 0 Å². The summed E-state index contributed by atoms with van der Waals surface area (Å²) < 4.78 is 0. The number of rotatable bonds is 6. The second kappa shape index (κ2) is 7.31. The number of amides is 1. The Morgan fingerprint density at radius 2 is 2.32 bits per heavy atom. The number of carbonyl (C=O) groups is 1. The van der Waals surface area contributed by atoms with Crippen molar-refractivity contribution >= 4 is 29.0 Å². The number of hydrogen-bond acceptors (Lipinski definition) is 4. The van der Waals surface area contributed by atoms with Gasteiger partial charge in [-0.25, -0.2) is 0 Å². The Bertz CT molecular complexity index is 499. The molecule has 0 aliphatic heterocycles. The van der Waals surface area contributed by atoms with Crippen LogP contribution in [0.3, 0.4) is 0 Å². The number of aromatic nitrogens is 1. The maximum atomic E-state index is 12.0. The van der Waals surface area contributed by atoms with Crippen molar-refractivity contribution in [3.63, 3.8) is 0 Å². The summed E-state index contributed by atoms with van der Waals surface area (Å²) in [6.45, 7) is 0.617. The molecule has 2 heterocycles. The first-order valence-corrected chi connectivity index (χ1v) is 8.02. The lowest BCUT2D eigenvalue weighted by atomic mass is 10.3. The van der Waals surface area contributed by atoms with Gasteiger partial charge in [0.05, 0.1) is 5.75 Å². The van der Waals surface area contributed by atoms with Crippen LogP contribution >= 0.6 is 23.1 Å². The summed E-state index contributed by atoms with van der Waals surface area (Å²) in [4.78, 5) is 19.1.